The van der Waals surface area contributed by atoms with Gasteiger partial charge in [-0.25, -0.2) is 0 Å². The summed E-state index contributed by atoms with van der Waals surface area (Å²) < 4.78 is 10.9. The number of ether oxygens (including phenoxy) is 2. The maximum absolute atomic E-state index is 10.2. The molecule has 0 aromatic heterocycles. The molecule has 1 unspecified atom stereocenters. The minimum absolute atomic E-state index is 0.252. The van der Waals surface area contributed by atoms with Crippen molar-refractivity contribution >= 4 is 0 Å². The summed E-state index contributed by atoms with van der Waals surface area (Å²) in [7, 11) is 3.31. The van der Waals surface area contributed by atoms with E-state index in [4.69, 9.17) is 9.47 Å². The molecule has 0 saturated heterocycles. The second kappa shape index (κ2) is 9.01. The zero-order chi connectivity index (χ0) is 16.7. The Kier molecular flexibility index (Phi) is 7.69. The molecule has 1 atom stereocenters. The maximum Gasteiger partial charge on any atom is 0.165 e. The van der Waals surface area contributed by atoms with Crippen molar-refractivity contribution in [2.24, 2.45) is 11.8 Å². The van der Waals surface area contributed by atoms with Gasteiger partial charge in [0.2, 0.25) is 0 Å². The zero-order valence-corrected chi connectivity index (χ0v) is 14.8. The van der Waals surface area contributed by atoms with Gasteiger partial charge in [0.15, 0.2) is 11.5 Å². The van der Waals surface area contributed by atoms with Gasteiger partial charge in [-0.1, -0.05) is 39.8 Å². The number of hydrogen-bond acceptors (Lipinski definition) is 4. The van der Waals surface area contributed by atoms with Crippen molar-refractivity contribution in [2.45, 2.75) is 40.3 Å². The zero-order valence-electron chi connectivity index (χ0n) is 14.8. The normalized spacial score (nSPS) is 13.0. The Morgan fingerprint density at radius 3 is 2.23 bits per heavy atom. The summed E-state index contributed by atoms with van der Waals surface area (Å²) in [6.45, 7) is 10.8. The molecule has 1 N–H and O–H groups in total. The van der Waals surface area contributed by atoms with E-state index in [9.17, 15) is 5.11 Å². The molecule has 0 heterocycles. The third kappa shape index (κ3) is 5.50. The fraction of sp³-hybridized carbons (Fsp3) is 0.667. The van der Waals surface area contributed by atoms with E-state index in [1.165, 1.54) is 0 Å². The van der Waals surface area contributed by atoms with Crippen LogP contribution in [0.5, 0.6) is 11.5 Å². The Hall–Kier alpha value is -1.26. The number of rotatable bonds is 9. The predicted octanol–water partition coefficient (Wildman–Crippen LogP) is 3.18. The molecule has 0 radical (unpaired) electrons. The quantitative estimate of drug-likeness (QED) is 0.761. The molecule has 0 aliphatic rings. The van der Waals surface area contributed by atoms with Crippen LogP contribution in [-0.2, 0) is 6.54 Å². The lowest BCUT2D eigenvalue weighted by Gasteiger charge is -2.29. The molecule has 4 heteroatoms. The smallest absolute Gasteiger partial charge is 0.165 e. The van der Waals surface area contributed by atoms with Crippen molar-refractivity contribution in [3.63, 3.8) is 0 Å². The third-order valence-electron chi connectivity index (χ3n) is 3.72. The largest absolute Gasteiger partial charge is 0.493 e. The average Bonchev–Trinajstić information content (AvgIpc) is 2.45. The average molecular weight is 309 g/mol. The lowest BCUT2D eigenvalue weighted by molar-refractivity contribution is 0.0678. The second-order valence-electron chi connectivity index (χ2n) is 6.55. The number of nitrogens with zero attached hydrogens (tertiary/aromatic N) is 1. The highest BCUT2D eigenvalue weighted by Crippen LogP contribution is 2.31. The molecule has 0 spiro atoms. The minimum atomic E-state index is -0.324. The fourth-order valence-electron chi connectivity index (χ4n) is 2.51. The molecule has 1 aromatic carbocycles. The van der Waals surface area contributed by atoms with Crippen LogP contribution in [0.3, 0.4) is 0 Å². The van der Waals surface area contributed by atoms with Gasteiger partial charge < -0.3 is 14.6 Å². The molecule has 1 rings (SSSR count). The van der Waals surface area contributed by atoms with Gasteiger partial charge in [0, 0.05) is 25.2 Å². The summed E-state index contributed by atoms with van der Waals surface area (Å²) >= 11 is 0. The highest BCUT2D eigenvalue weighted by Gasteiger charge is 2.18. The summed E-state index contributed by atoms with van der Waals surface area (Å²) in [5, 5.41) is 10.2. The Labute approximate surface area is 135 Å². The molecular weight excluding hydrogens is 278 g/mol. The van der Waals surface area contributed by atoms with Crippen LogP contribution in [0.2, 0.25) is 0 Å². The summed E-state index contributed by atoms with van der Waals surface area (Å²) in [5.41, 5.74) is 1.08. The second-order valence-corrected chi connectivity index (χ2v) is 6.55. The molecule has 1 aromatic rings. The van der Waals surface area contributed by atoms with Crippen LogP contribution in [0.25, 0.3) is 0 Å². The Balaban J connectivity index is 2.93. The summed E-state index contributed by atoms with van der Waals surface area (Å²) in [6, 6.07) is 5.93. The van der Waals surface area contributed by atoms with Crippen LogP contribution in [0.1, 0.15) is 33.3 Å². The summed E-state index contributed by atoms with van der Waals surface area (Å²) in [6.07, 6.45) is -0.324. The van der Waals surface area contributed by atoms with Crippen molar-refractivity contribution in [3.8, 4) is 11.5 Å². The first-order valence-electron chi connectivity index (χ1n) is 7.99. The number of methoxy groups -OCH3 is 2. The van der Waals surface area contributed by atoms with Crippen molar-refractivity contribution in [3.05, 3.63) is 23.8 Å². The van der Waals surface area contributed by atoms with E-state index in [1.54, 1.807) is 14.2 Å². The minimum Gasteiger partial charge on any atom is -0.493 e. The summed E-state index contributed by atoms with van der Waals surface area (Å²) in [5.74, 6) is 2.31. The Bertz CT molecular complexity index is 446. The first-order chi connectivity index (χ1) is 10.4. The molecule has 0 bridgehead atoms. The summed E-state index contributed by atoms with van der Waals surface area (Å²) in [4.78, 5) is 2.28. The van der Waals surface area contributed by atoms with Crippen molar-refractivity contribution in [1.82, 2.24) is 4.90 Å². The van der Waals surface area contributed by atoms with E-state index in [0.717, 1.165) is 30.2 Å². The van der Waals surface area contributed by atoms with Gasteiger partial charge in [0.25, 0.3) is 0 Å². The van der Waals surface area contributed by atoms with Gasteiger partial charge in [0.1, 0.15) is 0 Å². The van der Waals surface area contributed by atoms with Gasteiger partial charge in [0.05, 0.1) is 20.3 Å². The molecule has 0 aliphatic heterocycles. The van der Waals surface area contributed by atoms with Gasteiger partial charge in [-0.15, -0.1) is 0 Å². The van der Waals surface area contributed by atoms with Gasteiger partial charge in [-0.05, 0) is 17.9 Å². The fourth-order valence-corrected chi connectivity index (χ4v) is 2.51. The van der Waals surface area contributed by atoms with Crippen molar-refractivity contribution in [2.75, 3.05) is 27.3 Å². The van der Waals surface area contributed by atoms with Crippen LogP contribution in [0.4, 0.5) is 0 Å². The van der Waals surface area contributed by atoms with Crippen LogP contribution < -0.4 is 9.47 Å². The standard InChI is InChI=1S/C18H31NO3/c1-13(2)10-19(12-16(20)14(3)4)11-15-8-7-9-17(21-5)18(15)22-6/h7-9,13-14,16,20H,10-12H2,1-6H3. The first-order valence-corrected chi connectivity index (χ1v) is 7.99. The highest BCUT2D eigenvalue weighted by molar-refractivity contribution is 5.46. The van der Waals surface area contributed by atoms with E-state index in [-0.39, 0.29) is 12.0 Å². The van der Waals surface area contributed by atoms with Crippen LogP contribution >= 0.6 is 0 Å². The van der Waals surface area contributed by atoms with E-state index >= 15 is 0 Å². The van der Waals surface area contributed by atoms with Gasteiger partial charge in [-0.2, -0.15) is 0 Å². The highest BCUT2D eigenvalue weighted by atomic mass is 16.5. The number of aliphatic hydroxyl groups excluding tert-OH is 1. The maximum atomic E-state index is 10.2. The number of para-hydroxylation sites is 1. The molecule has 0 saturated carbocycles. The molecule has 4 nitrogen and oxygen atoms in total. The molecular formula is C18H31NO3. The lowest BCUT2D eigenvalue weighted by atomic mass is 10.1. The Morgan fingerprint density at radius 1 is 1.05 bits per heavy atom. The monoisotopic (exact) mass is 309 g/mol. The molecule has 0 amide bonds. The lowest BCUT2D eigenvalue weighted by Crippen LogP contribution is -2.37. The van der Waals surface area contributed by atoms with Crippen molar-refractivity contribution in [1.29, 1.82) is 0 Å². The topological polar surface area (TPSA) is 41.9 Å². The van der Waals surface area contributed by atoms with E-state index in [1.807, 2.05) is 26.0 Å². The number of hydrogen-bond donors (Lipinski definition) is 1. The molecule has 0 aliphatic carbocycles. The third-order valence-corrected chi connectivity index (χ3v) is 3.72. The van der Waals surface area contributed by atoms with E-state index < -0.39 is 0 Å². The van der Waals surface area contributed by atoms with Gasteiger partial charge >= 0.3 is 0 Å². The molecule has 126 valence electrons. The number of aliphatic hydroxyl groups is 1. The number of benzene rings is 1. The predicted molar refractivity (Wildman–Crippen MR) is 90.5 cm³/mol. The first kappa shape index (κ1) is 18.8. The molecule has 22 heavy (non-hydrogen) atoms. The van der Waals surface area contributed by atoms with Crippen LogP contribution in [0, 0.1) is 11.8 Å². The van der Waals surface area contributed by atoms with E-state index in [0.29, 0.717) is 12.5 Å². The van der Waals surface area contributed by atoms with Crippen molar-refractivity contribution < 1.29 is 14.6 Å². The van der Waals surface area contributed by atoms with E-state index in [2.05, 4.69) is 24.8 Å². The Morgan fingerprint density at radius 2 is 1.73 bits per heavy atom. The SMILES string of the molecule is COc1cccc(CN(CC(C)C)CC(O)C(C)C)c1OC. The van der Waals surface area contributed by atoms with Crippen LogP contribution in [-0.4, -0.2) is 43.4 Å². The van der Waals surface area contributed by atoms with Crippen LogP contribution in [0.15, 0.2) is 18.2 Å². The van der Waals surface area contributed by atoms with Gasteiger partial charge in [-0.3, -0.25) is 4.90 Å². The molecule has 0 fully saturated rings.